The molecule has 0 saturated carbocycles. The van der Waals surface area contributed by atoms with E-state index in [1.54, 1.807) is 93.6 Å². The summed E-state index contributed by atoms with van der Waals surface area (Å²) >= 11 is 0. The summed E-state index contributed by atoms with van der Waals surface area (Å²) in [5.41, 5.74) is -30.4. The summed E-state index contributed by atoms with van der Waals surface area (Å²) in [6.07, 6.45) is -16.6. The molecule has 13 rings (SSSR count). The minimum atomic E-state index is -4.88. The first kappa shape index (κ1) is 23.6. The largest absolute Gasteiger partial charge is 0.458 e. The second kappa shape index (κ2) is 18.8. The van der Waals surface area contributed by atoms with Crippen LogP contribution < -0.4 is 9.30 Å². The molecule has 2 aliphatic carbocycles. The van der Waals surface area contributed by atoms with Gasteiger partial charge in [0.1, 0.15) is 17.3 Å². The molecule has 3 heterocycles. The van der Waals surface area contributed by atoms with Crippen LogP contribution >= 0.6 is 0 Å². The Morgan fingerprint density at radius 1 is 0.575 bits per heavy atom. The van der Waals surface area contributed by atoms with Crippen molar-refractivity contribution in [2.45, 2.75) is 129 Å². The number of rotatable bonds is 9. The molecule has 0 aliphatic heterocycles. The third-order valence-corrected chi connectivity index (χ3v) is 14.0. The molecule has 0 atom stereocenters. The molecular weight excluding hydrogens is 973 g/mol. The summed E-state index contributed by atoms with van der Waals surface area (Å²) in [4.78, 5) is 4.71. The Balaban J connectivity index is 1.21. The Morgan fingerprint density at radius 3 is 1.85 bits per heavy atom. The number of fused-ring (bicyclic) bond motifs is 6. The van der Waals surface area contributed by atoms with E-state index in [2.05, 4.69) is 6.33 Å². The maximum Gasteiger partial charge on any atom is 0.269 e. The summed E-state index contributed by atoms with van der Waals surface area (Å²) in [6, 6.07) is 27.0. The number of imidazole rings is 1. The SMILES string of the molecule is [2H]c1c([2H])c2c(c([2H])c1-c1cccc(-c3c([2H])c([2H])c4c(c3[2H])C(C([2H])([2H])[2H])(C([2H])([2H])[2H])C([2H])([2H])C([2H])([2H])C4(C([2H])([2H])[2H])C([2H])([2H])[2H])c1-[n+]1[c-]n(-c3cccc(Oc4ccc5c6ccccc6n(-c6cc(C([2H])([2H])C(C)(C)C)ccn6)c5c4)c3)c3cc(-c4ccccc4)ccc31)C(C([2H])([2H])[2H])(C([2H])([2H])[2H])C([2H])([2H])C([2H])([2H])C2(C([2H])([2H])[2H])C([2H])([2H])[2H]. The third kappa shape index (κ3) is 9.03. The Bertz CT molecular complexity index is 5780. The molecule has 0 amide bonds. The minimum Gasteiger partial charge on any atom is -0.458 e. The Kier molecular flexibility index (Phi) is 5.54. The Morgan fingerprint density at radius 2 is 1.19 bits per heavy atom. The van der Waals surface area contributed by atoms with Crippen molar-refractivity contribution in [3.8, 4) is 62.1 Å². The van der Waals surface area contributed by atoms with Gasteiger partial charge in [0, 0.05) is 69.6 Å². The molecule has 0 bridgehead atoms. The van der Waals surface area contributed by atoms with Crippen LogP contribution in [0.1, 0.15) is 184 Å². The lowest BCUT2D eigenvalue weighted by Gasteiger charge is -2.42. The van der Waals surface area contributed by atoms with Crippen molar-refractivity contribution in [3.63, 3.8) is 0 Å². The maximum atomic E-state index is 10.5. The number of benzene rings is 8. The second-order valence-electron chi connectivity index (χ2n) is 21.0. The van der Waals surface area contributed by atoms with Crippen LogP contribution in [0, 0.1) is 11.7 Å². The third-order valence-electron chi connectivity index (χ3n) is 14.0. The number of nitrogens with zero attached hydrogens (tertiary/aromatic N) is 4. The van der Waals surface area contributed by atoms with Crippen LogP contribution in [-0.4, -0.2) is 14.1 Å². The van der Waals surface area contributed by atoms with E-state index in [1.807, 2.05) is 28.8 Å². The summed E-state index contributed by atoms with van der Waals surface area (Å²) in [5, 5.41) is 1.52. The van der Waals surface area contributed by atoms with E-state index < -0.39 is 200 Å². The highest BCUT2D eigenvalue weighted by Gasteiger charge is 2.39. The quantitative estimate of drug-likeness (QED) is 0.107. The molecule has 0 saturated heterocycles. The van der Waals surface area contributed by atoms with E-state index >= 15 is 0 Å². The molecule has 2 aliphatic rings. The van der Waals surface area contributed by atoms with Gasteiger partial charge in [-0.05, 0) is 175 Å². The number of ether oxygens (including phenoxy) is 1. The molecule has 5 nitrogen and oxygen atoms in total. The maximum absolute atomic E-state index is 10.5. The average Bonchev–Trinajstić information content (AvgIpc) is 0.714. The summed E-state index contributed by atoms with van der Waals surface area (Å²) in [7, 11) is 0. The normalized spacial score (nSPS) is 27.5. The van der Waals surface area contributed by atoms with Crippen LogP contribution in [0.5, 0.6) is 11.5 Å². The first-order valence-corrected chi connectivity index (χ1v) is 25.4. The van der Waals surface area contributed by atoms with Gasteiger partial charge in [-0.3, -0.25) is 13.7 Å². The second-order valence-corrected chi connectivity index (χ2v) is 21.0. The van der Waals surface area contributed by atoms with E-state index in [4.69, 9.17) is 45.4 Å². The predicted octanol–water partition coefficient (Wildman–Crippen LogP) is 19.3. The summed E-state index contributed by atoms with van der Waals surface area (Å²) in [5.74, 6) is 0.635. The van der Waals surface area contributed by atoms with Crippen molar-refractivity contribution >= 4 is 32.8 Å². The van der Waals surface area contributed by atoms with Gasteiger partial charge in [0.2, 0.25) is 0 Å². The molecular formula is C75H74N4O. The standard InChI is InChI=1S/C75H74N4O/c1-71(2,3)47-49-35-40-76-69(41-49)79-65-26-16-15-23-59(65)60-31-30-56(46-67(60)79)80-55-22-17-21-54(45-55)77-48-78(66-34-29-51(44-68(66)77)50-19-13-12-14-20-50)70-57(52-27-32-61-63(42-52)74(8,9)38-36-72(61,4)5)24-18-25-58(70)53-28-33-62-64(43-53)75(10,11)39-37-73(62,6)7/h12-35,40-46H,36-39,47H2,1-11H3/i4D3,5D3,6D3,7D3,8D3,9D3,10D3,11D3,27D,28D,32D,33D,36D2,37D2,38D2,39D2,42D,43D,47D2. The first-order valence-electron chi connectivity index (χ1n) is 45.4. The van der Waals surface area contributed by atoms with E-state index in [1.165, 1.54) is 41.1 Å². The van der Waals surface area contributed by atoms with Gasteiger partial charge in [0.15, 0.2) is 0 Å². The Labute approximate surface area is 529 Å². The van der Waals surface area contributed by atoms with Gasteiger partial charge in [0.25, 0.3) is 6.33 Å². The fourth-order valence-corrected chi connectivity index (χ4v) is 10.4. The van der Waals surface area contributed by atoms with Gasteiger partial charge < -0.3 is 4.74 Å². The molecule has 0 fully saturated rings. The van der Waals surface area contributed by atoms with Crippen molar-refractivity contribution in [2.24, 2.45) is 5.41 Å². The van der Waals surface area contributed by atoms with Gasteiger partial charge in [0.05, 0.1) is 41.7 Å². The van der Waals surface area contributed by atoms with Gasteiger partial charge in [-0.2, -0.15) is 0 Å². The highest BCUT2D eigenvalue weighted by Crippen LogP contribution is 2.50. The molecule has 0 unspecified atom stereocenters. The van der Waals surface area contributed by atoms with Crippen molar-refractivity contribution in [1.82, 2.24) is 14.1 Å². The fourth-order valence-electron chi connectivity index (χ4n) is 10.4. The number of para-hydroxylation sites is 2. The molecule has 0 spiro atoms. The van der Waals surface area contributed by atoms with Crippen molar-refractivity contribution in [1.29, 1.82) is 0 Å². The van der Waals surface area contributed by atoms with Gasteiger partial charge in [-0.1, -0.05) is 197 Å². The van der Waals surface area contributed by atoms with Gasteiger partial charge in [-0.25, -0.2) is 4.98 Å². The minimum absolute atomic E-state index is 0.0113. The number of pyridine rings is 1. The summed E-state index contributed by atoms with van der Waals surface area (Å²) < 4.78 is 384. The molecule has 80 heavy (non-hydrogen) atoms. The highest BCUT2D eigenvalue weighted by molar-refractivity contribution is 6.09. The zero-order valence-corrected chi connectivity index (χ0v) is 43.1. The lowest BCUT2D eigenvalue weighted by Crippen LogP contribution is -2.34. The van der Waals surface area contributed by atoms with E-state index in [0.717, 1.165) is 33.5 Å². The van der Waals surface area contributed by atoms with E-state index in [-0.39, 0.29) is 28.2 Å². The molecule has 11 aromatic rings. The van der Waals surface area contributed by atoms with Crippen LogP contribution in [0.2, 0.25) is 0 Å². The molecule has 0 N–H and O–H groups in total. The van der Waals surface area contributed by atoms with Crippen molar-refractivity contribution < 1.29 is 64.1 Å². The zero-order valence-electron chi connectivity index (χ0n) is 83.1. The lowest BCUT2D eigenvalue weighted by molar-refractivity contribution is -0.571. The Hall–Kier alpha value is -8.02. The lowest BCUT2D eigenvalue weighted by atomic mass is 9.62. The van der Waals surface area contributed by atoms with Crippen molar-refractivity contribution in [2.75, 3.05) is 0 Å². The van der Waals surface area contributed by atoms with E-state index in [9.17, 15) is 19.2 Å². The molecule has 400 valence electrons. The number of hydrogen-bond donors (Lipinski definition) is 0. The van der Waals surface area contributed by atoms with Gasteiger partial charge >= 0.3 is 0 Å². The van der Waals surface area contributed by atoms with Crippen LogP contribution in [0.4, 0.5) is 0 Å². The first-order chi connectivity index (χ1) is 54.6. The van der Waals surface area contributed by atoms with Crippen LogP contribution in [-0.2, 0) is 28.0 Å². The number of hydrogen-bond acceptors (Lipinski definition) is 2. The zero-order chi connectivity index (χ0) is 89.7. The highest BCUT2D eigenvalue weighted by atomic mass is 16.5. The smallest absolute Gasteiger partial charge is 0.269 e. The van der Waals surface area contributed by atoms with Crippen LogP contribution in [0.25, 0.3) is 83.4 Å². The fraction of sp³-hybridized carbons (Fsp3) is 0.280. The molecule has 3 aromatic heterocycles. The molecule has 0 radical (unpaired) electrons. The van der Waals surface area contributed by atoms with Crippen LogP contribution in [0.3, 0.4) is 0 Å². The van der Waals surface area contributed by atoms with Crippen LogP contribution in [0.15, 0.2) is 188 Å². The van der Waals surface area contributed by atoms with E-state index in [0.29, 0.717) is 33.5 Å². The molecule has 8 aromatic carbocycles. The predicted molar refractivity (Wildman–Crippen MR) is 332 cm³/mol. The number of aromatic nitrogens is 4. The molecule has 5 heteroatoms. The average molecular weight is 1090 g/mol. The van der Waals surface area contributed by atoms with Crippen molar-refractivity contribution in [3.05, 3.63) is 222 Å². The topological polar surface area (TPSA) is 35.9 Å². The monoisotopic (exact) mass is 1090 g/mol. The summed E-state index contributed by atoms with van der Waals surface area (Å²) in [6.45, 7) is -31.3. The van der Waals surface area contributed by atoms with Gasteiger partial charge in [-0.15, -0.1) is 0 Å².